The van der Waals surface area contributed by atoms with Crippen LogP contribution < -0.4 is 0 Å². The standard InChI is InChI=1S/C51H30N4OS/c1-4-14-31(15-5-1)49-52-50(32-16-6-2-7-17-32)54-51(53-49)40-24-13-23-38-37-22-12-21-35(46(37)56-47(38)40)33-26-28-42-41(30-33)45-43(55(42)34-18-8-3-9-19-34)29-27-39-36-20-10-11-25-44(36)57-48(39)45/h1-30H. The predicted octanol–water partition coefficient (Wildman–Crippen LogP) is 13.9. The number of nitrogens with zero attached hydrogens (tertiary/aromatic N) is 4. The molecule has 4 heterocycles. The predicted molar refractivity (Wildman–Crippen MR) is 236 cm³/mol. The van der Waals surface area contributed by atoms with E-state index >= 15 is 0 Å². The maximum atomic E-state index is 7.00. The summed E-state index contributed by atoms with van der Waals surface area (Å²) < 4.78 is 12.0. The molecule has 0 fully saturated rings. The summed E-state index contributed by atoms with van der Waals surface area (Å²) in [6, 6.07) is 63.6. The van der Waals surface area contributed by atoms with Gasteiger partial charge >= 0.3 is 0 Å². The summed E-state index contributed by atoms with van der Waals surface area (Å²) in [5.41, 5.74) is 9.88. The number of para-hydroxylation sites is 3. The minimum atomic E-state index is 0.566. The largest absolute Gasteiger partial charge is 0.455 e. The van der Waals surface area contributed by atoms with Crippen LogP contribution in [0.4, 0.5) is 0 Å². The first-order chi connectivity index (χ1) is 28.3. The molecular formula is C51H30N4OS. The van der Waals surface area contributed by atoms with Gasteiger partial charge in [-0.2, -0.15) is 0 Å². The van der Waals surface area contributed by atoms with Crippen molar-refractivity contribution in [3.05, 3.63) is 182 Å². The second-order valence-electron chi connectivity index (χ2n) is 14.3. The average molecular weight is 747 g/mol. The van der Waals surface area contributed by atoms with Gasteiger partial charge in [0.25, 0.3) is 0 Å². The van der Waals surface area contributed by atoms with E-state index < -0.39 is 0 Å². The van der Waals surface area contributed by atoms with Crippen LogP contribution >= 0.6 is 11.3 Å². The molecule has 0 aliphatic heterocycles. The summed E-state index contributed by atoms with van der Waals surface area (Å²) in [5, 5.41) is 7.13. The van der Waals surface area contributed by atoms with E-state index in [1.165, 1.54) is 42.0 Å². The smallest absolute Gasteiger partial charge is 0.167 e. The van der Waals surface area contributed by atoms with Crippen molar-refractivity contribution in [2.24, 2.45) is 0 Å². The van der Waals surface area contributed by atoms with Gasteiger partial charge in [0.05, 0.1) is 16.6 Å². The third kappa shape index (κ3) is 4.98. The van der Waals surface area contributed by atoms with E-state index in [2.05, 4.69) is 120 Å². The molecule has 6 heteroatoms. The van der Waals surface area contributed by atoms with E-state index in [1.807, 2.05) is 78.1 Å². The summed E-state index contributed by atoms with van der Waals surface area (Å²) in [6.07, 6.45) is 0. The molecule has 266 valence electrons. The molecule has 0 saturated carbocycles. The molecule has 0 aliphatic carbocycles. The Hall–Kier alpha value is -7.41. The molecule has 4 aromatic heterocycles. The van der Waals surface area contributed by atoms with Crippen LogP contribution in [0.5, 0.6) is 0 Å². The monoisotopic (exact) mass is 746 g/mol. The molecule has 8 aromatic carbocycles. The number of hydrogen-bond donors (Lipinski definition) is 0. The second kappa shape index (κ2) is 12.6. The lowest BCUT2D eigenvalue weighted by Gasteiger charge is -2.08. The molecule has 0 atom stereocenters. The average Bonchev–Trinajstić information content (AvgIpc) is 3.96. The number of thiophene rings is 1. The SMILES string of the molecule is c1ccc(-c2nc(-c3ccccc3)nc(-c3cccc4c3oc3c(-c5ccc6c(c5)c5c7sc8ccccc8c7ccc5n6-c5ccccc5)cccc34)n2)cc1. The Kier molecular flexibility index (Phi) is 7.03. The van der Waals surface area contributed by atoms with Crippen molar-refractivity contribution < 1.29 is 4.42 Å². The molecule has 0 aliphatic rings. The molecule has 0 saturated heterocycles. The van der Waals surface area contributed by atoms with Crippen LogP contribution in [-0.2, 0) is 0 Å². The zero-order valence-corrected chi connectivity index (χ0v) is 31.2. The topological polar surface area (TPSA) is 56.7 Å². The minimum Gasteiger partial charge on any atom is -0.455 e. The molecule has 0 bridgehead atoms. The number of aromatic nitrogens is 4. The lowest BCUT2D eigenvalue weighted by molar-refractivity contribution is 0.670. The number of hydrogen-bond acceptors (Lipinski definition) is 5. The van der Waals surface area contributed by atoms with Crippen LogP contribution in [0, 0.1) is 0 Å². The van der Waals surface area contributed by atoms with Gasteiger partial charge in [-0.05, 0) is 48.0 Å². The maximum Gasteiger partial charge on any atom is 0.167 e. The second-order valence-corrected chi connectivity index (χ2v) is 15.4. The zero-order valence-electron chi connectivity index (χ0n) is 30.4. The van der Waals surface area contributed by atoms with E-state index in [0.29, 0.717) is 17.5 Å². The van der Waals surface area contributed by atoms with Crippen LogP contribution in [-0.4, -0.2) is 19.5 Å². The fourth-order valence-corrected chi connectivity index (χ4v) is 9.72. The van der Waals surface area contributed by atoms with E-state index in [-0.39, 0.29) is 0 Å². The van der Waals surface area contributed by atoms with Crippen molar-refractivity contribution in [1.29, 1.82) is 0 Å². The molecule has 12 rings (SSSR count). The third-order valence-corrected chi connectivity index (χ3v) is 12.3. The van der Waals surface area contributed by atoms with Gasteiger partial charge in [-0.3, -0.25) is 0 Å². The first-order valence-corrected chi connectivity index (χ1v) is 19.8. The summed E-state index contributed by atoms with van der Waals surface area (Å²) in [6.45, 7) is 0. The van der Waals surface area contributed by atoms with Crippen molar-refractivity contribution in [3.63, 3.8) is 0 Å². The number of fused-ring (bicyclic) bond motifs is 10. The first kappa shape index (κ1) is 31.9. The van der Waals surface area contributed by atoms with Crippen molar-refractivity contribution in [2.75, 3.05) is 0 Å². The Labute approximate surface area is 330 Å². The van der Waals surface area contributed by atoms with Gasteiger partial charge in [0.1, 0.15) is 11.2 Å². The van der Waals surface area contributed by atoms with Gasteiger partial charge in [0.2, 0.25) is 0 Å². The fourth-order valence-electron chi connectivity index (χ4n) is 8.46. The number of furan rings is 1. The van der Waals surface area contributed by atoms with Crippen LogP contribution in [0.25, 0.3) is 115 Å². The lowest BCUT2D eigenvalue weighted by Crippen LogP contribution is -2.00. The molecular weight excluding hydrogens is 717 g/mol. The highest BCUT2D eigenvalue weighted by molar-refractivity contribution is 7.26. The zero-order chi connectivity index (χ0) is 37.5. The van der Waals surface area contributed by atoms with Crippen molar-refractivity contribution >= 4 is 75.3 Å². The molecule has 0 amide bonds. The Bertz CT molecular complexity index is 3460. The number of benzene rings is 8. The molecule has 0 unspecified atom stereocenters. The quantitative estimate of drug-likeness (QED) is 0.176. The van der Waals surface area contributed by atoms with Crippen LogP contribution in [0.2, 0.25) is 0 Å². The van der Waals surface area contributed by atoms with E-state index in [4.69, 9.17) is 19.4 Å². The van der Waals surface area contributed by atoms with Crippen LogP contribution in [0.1, 0.15) is 0 Å². The third-order valence-electron chi connectivity index (χ3n) is 11.1. The molecule has 0 radical (unpaired) electrons. The van der Waals surface area contributed by atoms with Crippen LogP contribution in [0.15, 0.2) is 186 Å². The Morgan fingerprint density at radius 1 is 0.404 bits per heavy atom. The Morgan fingerprint density at radius 2 is 0.982 bits per heavy atom. The van der Waals surface area contributed by atoms with Gasteiger partial charge in [-0.15, -0.1) is 11.3 Å². The highest BCUT2D eigenvalue weighted by Gasteiger charge is 2.22. The summed E-state index contributed by atoms with van der Waals surface area (Å²) >= 11 is 1.87. The van der Waals surface area contributed by atoms with E-state index in [1.54, 1.807) is 0 Å². The summed E-state index contributed by atoms with van der Waals surface area (Å²) in [5.74, 6) is 1.80. The minimum absolute atomic E-state index is 0.566. The molecule has 57 heavy (non-hydrogen) atoms. The summed E-state index contributed by atoms with van der Waals surface area (Å²) in [7, 11) is 0. The Balaban J connectivity index is 1.09. The molecule has 0 spiro atoms. The first-order valence-electron chi connectivity index (χ1n) is 19.0. The van der Waals surface area contributed by atoms with Crippen molar-refractivity contribution in [3.8, 4) is 51.0 Å². The van der Waals surface area contributed by atoms with Crippen LogP contribution in [0.3, 0.4) is 0 Å². The van der Waals surface area contributed by atoms with E-state index in [9.17, 15) is 0 Å². The van der Waals surface area contributed by atoms with E-state index in [0.717, 1.165) is 55.4 Å². The lowest BCUT2D eigenvalue weighted by atomic mass is 9.99. The molecule has 0 N–H and O–H groups in total. The van der Waals surface area contributed by atoms with Gasteiger partial charge in [0.15, 0.2) is 17.5 Å². The van der Waals surface area contributed by atoms with Gasteiger partial charge in [-0.25, -0.2) is 15.0 Å². The van der Waals surface area contributed by atoms with Gasteiger partial charge in [-0.1, -0.05) is 140 Å². The van der Waals surface area contributed by atoms with Gasteiger partial charge in [0, 0.05) is 64.1 Å². The molecule has 12 aromatic rings. The molecule has 5 nitrogen and oxygen atoms in total. The normalized spacial score (nSPS) is 11.9. The highest BCUT2D eigenvalue weighted by Crippen LogP contribution is 2.45. The maximum absolute atomic E-state index is 7.00. The van der Waals surface area contributed by atoms with Crippen molar-refractivity contribution in [2.45, 2.75) is 0 Å². The highest BCUT2D eigenvalue weighted by atomic mass is 32.1. The van der Waals surface area contributed by atoms with Gasteiger partial charge < -0.3 is 8.98 Å². The number of rotatable bonds is 5. The van der Waals surface area contributed by atoms with Crippen molar-refractivity contribution in [1.82, 2.24) is 19.5 Å². The summed E-state index contributed by atoms with van der Waals surface area (Å²) in [4.78, 5) is 15.0. The fraction of sp³-hybridized carbons (Fsp3) is 0. The Morgan fingerprint density at radius 3 is 1.70 bits per heavy atom.